The molecule has 50 heavy (non-hydrogen) atoms. The fraction of sp³-hybridized carbons (Fsp3) is 0.425. The Balaban J connectivity index is 1.17. The third kappa shape index (κ3) is 7.18. The van der Waals surface area contributed by atoms with E-state index < -0.39 is 30.7 Å². The van der Waals surface area contributed by atoms with E-state index in [1.807, 2.05) is 43.6 Å². The number of aliphatic hydroxyl groups is 3. The molecule has 2 bridgehead atoms. The zero-order valence-corrected chi connectivity index (χ0v) is 28.2. The lowest BCUT2D eigenvalue weighted by Gasteiger charge is -2.28. The Bertz CT molecular complexity index is 1920. The second-order valence-electron chi connectivity index (χ2n) is 13.7. The summed E-state index contributed by atoms with van der Waals surface area (Å²) in [5.41, 5.74) is 14.2. The van der Waals surface area contributed by atoms with Crippen molar-refractivity contribution in [2.75, 3.05) is 6.54 Å². The van der Waals surface area contributed by atoms with E-state index in [4.69, 9.17) is 20.2 Å². The Labute approximate surface area is 292 Å². The largest absolute Gasteiger partial charge is 0.437 e. The van der Waals surface area contributed by atoms with Gasteiger partial charge in [0.2, 0.25) is 0 Å². The van der Waals surface area contributed by atoms with E-state index in [2.05, 4.69) is 35.1 Å². The molecule has 0 saturated heterocycles. The number of benzene rings is 2. The summed E-state index contributed by atoms with van der Waals surface area (Å²) in [4.78, 5) is 22.9. The van der Waals surface area contributed by atoms with Crippen molar-refractivity contribution in [3.05, 3.63) is 81.2 Å². The normalized spacial score (nSPS) is 25.4. The summed E-state index contributed by atoms with van der Waals surface area (Å²) in [6.07, 6.45) is 9.17. The number of hydrogen-bond donors (Lipinski definition) is 5. The maximum atomic E-state index is 12.7. The van der Waals surface area contributed by atoms with Crippen molar-refractivity contribution < 1.29 is 34.5 Å². The molecular weight excluding hydrogens is 632 g/mol. The first kappa shape index (κ1) is 33.9. The van der Waals surface area contributed by atoms with Crippen LogP contribution in [-0.2, 0) is 24.1 Å². The standard InChI is InChI=1S/C40H42N4O6/c1-2-4-27(45)19-29(47)20-28(46)9-6-24-7-13-37-38(17-24)50-40-25(5-3-16-49-37)8-12-36(48)31-10-11-32-30(14-15-42-39(32)41)33(31)18-26-21-43-35-23-44(40)22-34(26)35/h7,10-11,13,15,17,21,23,25,27,29,36,39-40,45,47-48H,2,4-6,9,14,18-20,22,41H2,1H3/p+1/t25-,27-,29+,36+,39-,40-/m0/s1. The number of fused-ring (bicyclic) bond motifs is 7. The number of quaternary nitrogens is 1. The Morgan fingerprint density at radius 2 is 1.98 bits per heavy atom. The Kier molecular flexibility index (Phi) is 10.0. The third-order valence-electron chi connectivity index (χ3n) is 10.1. The van der Waals surface area contributed by atoms with Gasteiger partial charge in [-0.2, -0.15) is 0 Å². The molecule has 0 amide bonds. The lowest BCUT2D eigenvalue weighted by atomic mass is 9.85. The van der Waals surface area contributed by atoms with Crippen LogP contribution >= 0.6 is 0 Å². The van der Waals surface area contributed by atoms with Crippen LogP contribution in [0.25, 0.3) is 0 Å². The molecule has 5 aliphatic heterocycles. The molecule has 6 N–H and O–H groups in total. The lowest BCUT2D eigenvalue weighted by molar-refractivity contribution is -0.889. The molecule has 0 fully saturated rings. The molecule has 5 aliphatic rings. The molecular formula is C40H43N4O6+. The molecule has 1 unspecified atom stereocenters. The van der Waals surface area contributed by atoms with Crippen molar-refractivity contribution in [3.8, 4) is 35.4 Å². The predicted molar refractivity (Wildman–Crippen MR) is 188 cm³/mol. The minimum absolute atomic E-state index is 0.0112. The number of aliphatic hydroxyl groups excluding tert-OH is 3. The van der Waals surface area contributed by atoms with Gasteiger partial charge in [0.15, 0.2) is 11.5 Å². The monoisotopic (exact) mass is 675 g/mol. The molecule has 5 heterocycles. The van der Waals surface area contributed by atoms with Gasteiger partial charge in [-0.15, -0.1) is 0 Å². The van der Waals surface area contributed by atoms with Gasteiger partial charge in [-0.25, -0.2) is 0 Å². The maximum Gasteiger partial charge on any atom is 0.251 e. The summed E-state index contributed by atoms with van der Waals surface area (Å²) in [6, 6.07) is 9.45. The number of nitrogens with two attached hydrogens (primary N) is 1. The highest BCUT2D eigenvalue weighted by Gasteiger charge is 2.40. The fourth-order valence-corrected chi connectivity index (χ4v) is 7.48. The van der Waals surface area contributed by atoms with E-state index in [9.17, 15) is 20.1 Å². The molecule has 0 aliphatic carbocycles. The number of hydrogen-bond acceptors (Lipinski definition) is 9. The van der Waals surface area contributed by atoms with Crippen LogP contribution in [0.4, 0.5) is 0 Å². The number of nitrogens with zero attached hydrogens (tertiary/aromatic N) is 2. The Morgan fingerprint density at radius 1 is 1.12 bits per heavy atom. The number of ether oxygens (including phenoxy) is 2. The fourth-order valence-electron chi connectivity index (χ4n) is 7.48. The number of allylic oxidation sites excluding steroid dienone is 1. The molecule has 2 aromatic rings. The SMILES string of the molecule is CCC[C@H](O)C[C@@H](O)CC(=O)CCc1ccc2c(c1)O[C@H]1[C@H](C#C[C@@H](O)c3ccc4c(c3CC3=C5C[NH+]1C=C5N=C3)CC=N[C@@H]4N)CC#CO2. The summed E-state index contributed by atoms with van der Waals surface area (Å²) in [6.45, 7) is 2.62. The number of nitrogens with one attached hydrogen (secondary N) is 1. The van der Waals surface area contributed by atoms with Crippen molar-refractivity contribution in [2.45, 2.75) is 95.4 Å². The summed E-state index contributed by atoms with van der Waals surface area (Å²) < 4.78 is 12.6. The molecule has 10 nitrogen and oxygen atoms in total. The second kappa shape index (κ2) is 14.7. The number of rotatable bonds is 9. The zero-order chi connectivity index (χ0) is 34.8. The van der Waals surface area contributed by atoms with Crippen LogP contribution in [0.2, 0.25) is 0 Å². The van der Waals surface area contributed by atoms with Crippen LogP contribution < -0.4 is 20.1 Å². The van der Waals surface area contributed by atoms with Gasteiger partial charge in [0, 0.05) is 50.1 Å². The average Bonchev–Trinajstić information content (AvgIpc) is 3.69. The van der Waals surface area contributed by atoms with Crippen LogP contribution in [-0.4, -0.2) is 58.5 Å². The van der Waals surface area contributed by atoms with Gasteiger partial charge in [0.1, 0.15) is 48.5 Å². The molecule has 7 rings (SSSR count). The van der Waals surface area contributed by atoms with Gasteiger partial charge in [0.25, 0.3) is 6.23 Å². The topological polar surface area (TPSA) is 151 Å². The number of ketones is 1. The van der Waals surface area contributed by atoms with E-state index in [0.29, 0.717) is 50.1 Å². The first-order valence-corrected chi connectivity index (χ1v) is 17.5. The first-order chi connectivity index (χ1) is 24.3. The summed E-state index contributed by atoms with van der Waals surface area (Å²) >= 11 is 0. The van der Waals surface area contributed by atoms with Gasteiger partial charge in [-0.05, 0) is 64.8 Å². The molecule has 2 aromatic carbocycles. The molecule has 10 heteroatoms. The quantitative estimate of drug-likeness (QED) is 0.257. The van der Waals surface area contributed by atoms with Gasteiger partial charge >= 0.3 is 0 Å². The predicted octanol–water partition coefficient (Wildman–Crippen LogP) is 2.55. The summed E-state index contributed by atoms with van der Waals surface area (Å²) in [5, 5.41) is 31.9. The third-order valence-corrected chi connectivity index (χ3v) is 10.1. The molecule has 0 saturated carbocycles. The van der Waals surface area contributed by atoms with Crippen LogP contribution in [0.1, 0.15) is 85.5 Å². The minimum Gasteiger partial charge on any atom is -0.437 e. The summed E-state index contributed by atoms with van der Waals surface area (Å²) in [7, 11) is 0. The van der Waals surface area contributed by atoms with Crippen molar-refractivity contribution in [1.82, 2.24) is 0 Å². The van der Waals surface area contributed by atoms with Crippen LogP contribution in [0, 0.1) is 29.8 Å². The number of carbonyl (C=O) groups excluding carboxylic acids is 1. The van der Waals surface area contributed by atoms with Crippen molar-refractivity contribution in [1.29, 1.82) is 0 Å². The molecule has 0 radical (unpaired) electrons. The van der Waals surface area contributed by atoms with Crippen LogP contribution in [0.15, 0.2) is 63.4 Å². The number of Topliss-reactive ketones (excluding diaryl/α,β-unsaturated/α-hetero) is 1. The molecule has 258 valence electrons. The summed E-state index contributed by atoms with van der Waals surface area (Å²) in [5.74, 6) is 10.1. The molecule has 7 atom stereocenters. The highest BCUT2D eigenvalue weighted by atomic mass is 16.5. The van der Waals surface area contributed by atoms with Crippen LogP contribution in [0.5, 0.6) is 11.5 Å². The highest BCUT2D eigenvalue weighted by Crippen LogP contribution is 2.36. The van der Waals surface area contributed by atoms with Gasteiger partial charge in [0.05, 0.1) is 12.2 Å². The van der Waals surface area contributed by atoms with E-state index in [1.165, 1.54) is 0 Å². The zero-order valence-electron chi connectivity index (χ0n) is 28.2. The molecule has 0 spiro atoms. The average molecular weight is 676 g/mol. The second-order valence-corrected chi connectivity index (χ2v) is 13.7. The van der Waals surface area contributed by atoms with Crippen LogP contribution in [0.3, 0.4) is 0 Å². The van der Waals surface area contributed by atoms with E-state index in [1.54, 1.807) is 6.07 Å². The van der Waals surface area contributed by atoms with Gasteiger partial charge in [-0.1, -0.05) is 49.3 Å². The maximum absolute atomic E-state index is 12.7. The van der Waals surface area contributed by atoms with Gasteiger partial charge in [-0.3, -0.25) is 19.7 Å². The smallest absolute Gasteiger partial charge is 0.251 e. The van der Waals surface area contributed by atoms with E-state index in [0.717, 1.165) is 56.0 Å². The first-order valence-electron chi connectivity index (χ1n) is 17.5. The molecule has 0 aromatic heterocycles. The van der Waals surface area contributed by atoms with Crippen molar-refractivity contribution >= 4 is 18.2 Å². The van der Waals surface area contributed by atoms with Crippen molar-refractivity contribution in [3.63, 3.8) is 0 Å². The number of aryl methyl sites for hydroxylation is 1. The number of aliphatic imine (C=N–C) groups is 2. The highest BCUT2D eigenvalue weighted by molar-refractivity contribution is 5.87. The Hall–Kier alpha value is -4.55. The van der Waals surface area contributed by atoms with Crippen molar-refractivity contribution in [2.24, 2.45) is 21.6 Å². The number of carbonyl (C=O) groups is 1. The van der Waals surface area contributed by atoms with Gasteiger partial charge < -0.3 is 30.5 Å². The lowest BCUT2D eigenvalue weighted by Crippen LogP contribution is -3.12. The minimum atomic E-state index is -1.04. The Morgan fingerprint density at radius 3 is 2.84 bits per heavy atom. The van der Waals surface area contributed by atoms with E-state index >= 15 is 0 Å². The van der Waals surface area contributed by atoms with E-state index in [-0.39, 0.29) is 31.0 Å².